The number of benzene rings is 2. The van der Waals surface area contributed by atoms with E-state index in [4.69, 9.17) is 9.47 Å². The highest BCUT2D eigenvalue weighted by atomic mass is 19.1. The van der Waals surface area contributed by atoms with Gasteiger partial charge in [0, 0.05) is 42.5 Å². The van der Waals surface area contributed by atoms with Crippen molar-refractivity contribution in [2.45, 2.75) is 26.4 Å². The molecule has 2 aliphatic heterocycles. The lowest BCUT2D eigenvalue weighted by Gasteiger charge is -2.38. The van der Waals surface area contributed by atoms with Gasteiger partial charge in [0.05, 0.1) is 6.20 Å². The number of ether oxygens (including phenoxy) is 2. The Morgan fingerprint density at radius 1 is 1.12 bits per heavy atom. The molecule has 1 aromatic heterocycles. The smallest absolute Gasteiger partial charge is 0.150 e. The second kappa shape index (κ2) is 9.47. The minimum absolute atomic E-state index is 0.154. The molecule has 1 N–H and O–H groups in total. The third-order valence-corrected chi connectivity index (χ3v) is 6.76. The zero-order valence-electron chi connectivity index (χ0n) is 19.5. The normalized spacial score (nSPS) is 18.3. The number of aromatic hydroxyl groups is 1. The molecule has 6 heteroatoms. The van der Waals surface area contributed by atoms with E-state index >= 15 is 0 Å². The number of rotatable bonds is 7. The van der Waals surface area contributed by atoms with Crippen molar-refractivity contribution in [3.63, 3.8) is 0 Å². The number of hydrogen-bond acceptors (Lipinski definition) is 5. The van der Waals surface area contributed by atoms with Crippen molar-refractivity contribution >= 4 is 11.1 Å². The Hall–Kier alpha value is -3.38. The monoisotopic (exact) mass is 460 g/mol. The standard InChI is InChI=1S/C28H29FN2O3/c1-3-19-16-31(17-19)10-11-33-24-7-4-20(5-8-24)28-27(21-12-22(29)15-30-14-21)18(2)25-13-23(32)6-9-26(25)34-28/h4-9,12-15,19,28,32H,3,10-11,16-17H2,1-2H3. The van der Waals surface area contributed by atoms with Crippen LogP contribution in [0.3, 0.4) is 0 Å². The van der Waals surface area contributed by atoms with Crippen molar-refractivity contribution in [3.05, 3.63) is 83.4 Å². The number of nitrogens with zero attached hydrogens (tertiary/aromatic N) is 2. The van der Waals surface area contributed by atoms with E-state index in [0.717, 1.165) is 40.5 Å². The number of phenols is 1. The Morgan fingerprint density at radius 3 is 2.65 bits per heavy atom. The predicted molar refractivity (Wildman–Crippen MR) is 130 cm³/mol. The van der Waals surface area contributed by atoms with Crippen LogP contribution >= 0.6 is 0 Å². The van der Waals surface area contributed by atoms with Gasteiger partial charge < -0.3 is 14.6 Å². The van der Waals surface area contributed by atoms with Gasteiger partial charge in [-0.25, -0.2) is 4.39 Å². The summed E-state index contributed by atoms with van der Waals surface area (Å²) in [4.78, 5) is 6.46. The highest BCUT2D eigenvalue weighted by Crippen LogP contribution is 2.47. The van der Waals surface area contributed by atoms with Crippen LogP contribution in [0, 0.1) is 11.7 Å². The van der Waals surface area contributed by atoms with Gasteiger partial charge in [0.2, 0.25) is 0 Å². The van der Waals surface area contributed by atoms with Crippen LogP contribution in [0.25, 0.3) is 11.1 Å². The second-order valence-electron chi connectivity index (χ2n) is 9.06. The summed E-state index contributed by atoms with van der Waals surface area (Å²) >= 11 is 0. The quantitative estimate of drug-likeness (QED) is 0.489. The predicted octanol–water partition coefficient (Wildman–Crippen LogP) is 5.71. The summed E-state index contributed by atoms with van der Waals surface area (Å²) in [5, 5.41) is 10.0. The van der Waals surface area contributed by atoms with Gasteiger partial charge >= 0.3 is 0 Å². The summed E-state index contributed by atoms with van der Waals surface area (Å²) in [6.07, 6.45) is 3.63. The summed E-state index contributed by atoms with van der Waals surface area (Å²) in [5.41, 5.74) is 4.10. The molecule has 34 heavy (non-hydrogen) atoms. The average Bonchev–Trinajstić information content (AvgIpc) is 2.81. The van der Waals surface area contributed by atoms with Crippen molar-refractivity contribution < 1.29 is 19.0 Å². The molecule has 0 aliphatic carbocycles. The van der Waals surface area contributed by atoms with Crippen molar-refractivity contribution in [1.82, 2.24) is 9.88 Å². The molecule has 0 spiro atoms. The van der Waals surface area contributed by atoms with Crippen LogP contribution in [0.4, 0.5) is 4.39 Å². The van der Waals surface area contributed by atoms with Crippen LogP contribution in [0.5, 0.6) is 17.2 Å². The number of allylic oxidation sites excluding steroid dienone is 1. The Bertz CT molecular complexity index is 1200. The maximum Gasteiger partial charge on any atom is 0.150 e. The van der Waals surface area contributed by atoms with Crippen LogP contribution in [0.1, 0.15) is 43.1 Å². The van der Waals surface area contributed by atoms with Crippen molar-refractivity contribution in [2.24, 2.45) is 5.92 Å². The van der Waals surface area contributed by atoms with E-state index in [0.29, 0.717) is 17.9 Å². The fraction of sp³-hybridized carbons (Fsp3) is 0.321. The molecular weight excluding hydrogens is 431 g/mol. The number of fused-ring (bicyclic) bond motifs is 1. The van der Waals surface area contributed by atoms with E-state index in [2.05, 4.69) is 16.8 Å². The first-order chi connectivity index (χ1) is 16.5. The molecule has 176 valence electrons. The van der Waals surface area contributed by atoms with Gasteiger partial charge in [-0.05, 0) is 60.4 Å². The Balaban J connectivity index is 1.38. The van der Waals surface area contributed by atoms with Gasteiger partial charge in [0.1, 0.15) is 35.8 Å². The molecule has 0 amide bonds. The Morgan fingerprint density at radius 2 is 1.91 bits per heavy atom. The number of phenolic OH excluding ortho intramolecular Hbond substituents is 1. The van der Waals surface area contributed by atoms with Crippen LogP contribution in [0.15, 0.2) is 60.9 Å². The first-order valence-electron chi connectivity index (χ1n) is 11.8. The maximum atomic E-state index is 14.1. The molecule has 1 saturated heterocycles. The average molecular weight is 461 g/mol. The van der Waals surface area contributed by atoms with Gasteiger partial charge in [-0.1, -0.05) is 25.5 Å². The lowest BCUT2D eigenvalue weighted by Crippen LogP contribution is -2.47. The minimum atomic E-state index is -0.443. The number of aromatic nitrogens is 1. The largest absolute Gasteiger partial charge is 0.508 e. The summed E-state index contributed by atoms with van der Waals surface area (Å²) in [6, 6.07) is 14.4. The summed E-state index contributed by atoms with van der Waals surface area (Å²) < 4.78 is 26.4. The summed E-state index contributed by atoms with van der Waals surface area (Å²) in [6.45, 7) is 8.13. The van der Waals surface area contributed by atoms with Gasteiger partial charge in [-0.3, -0.25) is 9.88 Å². The van der Waals surface area contributed by atoms with E-state index in [9.17, 15) is 9.50 Å². The lowest BCUT2D eigenvalue weighted by molar-refractivity contribution is 0.0806. The van der Waals surface area contributed by atoms with Gasteiger partial charge in [0.25, 0.3) is 0 Å². The van der Waals surface area contributed by atoms with Gasteiger partial charge in [-0.15, -0.1) is 0 Å². The van der Waals surface area contributed by atoms with E-state index in [1.165, 1.54) is 31.8 Å². The number of pyridine rings is 1. The van der Waals surface area contributed by atoms with E-state index in [1.54, 1.807) is 24.4 Å². The molecule has 1 unspecified atom stereocenters. The molecule has 5 rings (SSSR count). The van der Waals surface area contributed by atoms with Crippen LogP contribution in [-0.4, -0.2) is 41.2 Å². The molecule has 1 fully saturated rings. The molecule has 0 saturated carbocycles. The number of hydrogen-bond donors (Lipinski definition) is 1. The Kier molecular flexibility index (Phi) is 6.24. The minimum Gasteiger partial charge on any atom is -0.508 e. The van der Waals surface area contributed by atoms with Crippen molar-refractivity contribution in [1.29, 1.82) is 0 Å². The summed E-state index contributed by atoms with van der Waals surface area (Å²) in [5.74, 6) is 2.07. The molecule has 5 nitrogen and oxygen atoms in total. The molecule has 1 atom stereocenters. The summed E-state index contributed by atoms with van der Waals surface area (Å²) in [7, 11) is 0. The van der Waals surface area contributed by atoms with Crippen LogP contribution in [-0.2, 0) is 0 Å². The number of halogens is 1. The SMILES string of the molecule is CCC1CN(CCOc2ccc(C3Oc4ccc(O)cc4C(C)=C3c3cncc(F)c3)cc2)C1. The zero-order valence-corrected chi connectivity index (χ0v) is 19.5. The number of likely N-dealkylation sites (tertiary alicyclic amines) is 1. The van der Waals surface area contributed by atoms with Gasteiger partial charge in [0.15, 0.2) is 0 Å². The maximum absolute atomic E-state index is 14.1. The fourth-order valence-electron chi connectivity index (χ4n) is 4.75. The first-order valence-corrected chi connectivity index (χ1v) is 11.8. The first kappa shape index (κ1) is 22.4. The van der Waals surface area contributed by atoms with E-state index < -0.39 is 11.9 Å². The van der Waals surface area contributed by atoms with Crippen LogP contribution < -0.4 is 9.47 Å². The second-order valence-corrected chi connectivity index (χ2v) is 9.06. The highest BCUT2D eigenvalue weighted by Gasteiger charge is 2.30. The third-order valence-electron chi connectivity index (χ3n) is 6.76. The Labute approximate surface area is 199 Å². The molecule has 3 heterocycles. The highest BCUT2D eigenvalue weighted by molar-refractivity contribution is 5.95. The van der Waals surface area contributed by atoms with E-state index in [1.807, 2.05) is 31.2 Å². The molecule has 3 aromatic rings. The molecular formula is C28H29FN2O3. The molecule has 0 radical (unpaired) electrons. The van der Waals surface area contributed by atoms with Crippen molar-refractivity contribution in [3.8, 4) is 17.2 Å². The van der Waals surface area contributed by atoms with E-state index in [-0.39, 0.29) is 5.75 Å². The molecule has 0 bridgehead atoms. The topological polar surface area (TPSA) is 54.8 Å². The molecule has 2 aliphatic rings. The lowest BCUT2D eigenvalue weighted by atomic mass is 9.86. The molecule has 2 aromatic carbocycles. The fourth-order valence-corrected chi connectivity index (χ4v) is 4.75. The van der Waals surface area contributed by atoms with Crippen molar-refractivity contribution in [2.75, 3.05) is 26.2 Å². The van der Waals surface area contributed by atoms with Crippen LogP contribution in [0.2, 0.25) is 0 Å². The third kappa shape index (κ3) is 4.50. The van der Waals surface area contributed by atoms with Gasteiger partial charge in [-0.2, -0.15) is 0 Å². The zero-order chi connectivity index (χ0) is 23.7.